The van der Waals surface area contributed by atoms with Crippen molar-refractivity contribution in [3.8, 4) is 0 Å². The van der Waals surface area contributed by atoms with Crippen molar-refractivity contribution in [3.05, 3.63) is 35.7 Å². The van der Waals surface area contributed by atoms with Crippen LogP contribution in [0.25, 0.3) is 0 Å². The van der Waals surface area contributed by atoms with Crippen molar-refractivity contribution in [2.75, 3.05) is 16.5 Å². The molecule has 0 aliphatic heterocycles. The van der Waals surface area contributed by atoms with Gasteiger partial charge in [-0.15, -0.1) is 0 Å². The van der Waals surface area contributed by atoms with Crippen molar-refractivity contribution < 1.29 is 0 Å². The fourth-order valence-electron chi connectivity index (χ4n) is 1.80. The zero-order valence-electron chi connectivity index (χ0n) is 13.8. The molecule has 0 amide bonds. The Hall–Kier alpha value is -2.34. The molecule has 1 aromatic heterocycles. The molecule has 22 heavy (non-hydrogen) atoms. The Morgan fingerprint density at radius 1 is 1.00 bits per heavy atom. The number of nitrogens with one attached hydrogen (secondary N) is 3. The molecule has 0 spiro atoms. The fourth-order valence-corrected chi connectivity index (χ4v) is 1.80. The maximum Gasteiger partial charge on any atom is 0.169 e. The zero-order valence-corrected chi connectivity index (χ0v) is 13.8. The summed E-state index contributed by atoms with van der Waals surface area (Å²) in [4.78, 5) is 8.38. The Bertz CT molecular complexity index is 660. The van der Waals surface area contributed by atoms with Crippen LogP contribution in [0.2, 0.25) is 0 Å². The van der Waals surface area contributed by atoms with E-state index in [-0.39, 0.29) is 5.54 Å². The highest BCUT2D eigenvalue weighted by atomic mass is 15.4. The number of nitrogens with two attached hydrogens (primary N) is 1. The van der Waals surface area contributed by atoms with Crippen LogP contribution in [0.1, 0.15) is 31.9 Å². The number of hydrazine groups is 1. The summed E-state index contributed by atoms with van der Waals surface area (Å²) in [5, 5.41) is 3.23. The fraction of sp³-hybridized carbons (Fsp3) is 0.375. The number of anilines is 4. The van der Waals surface area contributed by atoms with Crippen LogP contribution < -0.4 is 21.9 Å². The first-order valence-electron chi connectivity index (χ1n) is 7.24. The second kappa shape index (κ2) is 6.19. The van der Waals surface area contributed by atoms with E-state index in [1.165, 1.54) is 17.5 Å². The minimum Gasteiger partial charge on any atom is -0.393 e. The summed E-state index contributed by atoms with van der Waals surface area (Å²) in [6.45, 7) is 10.3. The van der Waals surface area contributed by atoms with E-state index in [4.69, 9.17) is 5.73 Å². The largest absolute Gasteiger partial charge is 0.393 e. The number of nitrogen functional groups attached to an aromatic ring is 1. The van der Waals surface area contributed by atoms with Crippen LogP contribution in [0.3, 0.4) is 0 Å². The van der Waals surface area contributed by atoms with E-state index in [1.807, 2.05) is 26.8 Å². The number of nitrogens with zero attached hydrogens (tertiary/aromatic N) is 2. The van der Waals surface area contributed by atoms with Gasteiger partial charge >= 0.3 is 0 Å². The molecule has 0 saturated heterocycles. The van der Waals surface area contributed by atoms with Gasteiger partial charge in [-0.05, 0) is 57.9 Å². The molecule has 0 aliphatic carbocycles. The average Bonchev–Trinajstić information content (AvgIpc) is 2.43. The predicted octanol–water partition coefficient (Wildman–Crippen LogP) is 3.13. The van der Waals surface area contributed by atoms with Gasteiger partial charge in [0.05, 0.1) is 0 Å². The number of rotatable bonds is 4. The number of hydrogen-bond donors (Lipinski definition) is 4. The number of benzene rings is 1. The van der Waals surface area contributed by atoms with Gasteiger partial charge in [0.25, 0.3) is 0 Å². The number of aromatic nitrogens is 2. The molecule has 0 unspecified atom stereocenters. The van der Waals surface area contributed by atoms with Crippen LogP contribution in [0.5, 0.6) is 0 Å². The first-order valence-corrected chi connectivity index (χ1v) is 7.24. The van der Waals surface area contributed by atoms with E-state index in [0.717, 1.165) is 5.69 Å². The van der Waals surface area contributed by atoms with Gasteiger partial charge < -0.3 is 16.5 Å². The molecule has 0 atom stereocenters. The topological polar surface area (TPSA) is 87.9 Å². The summed E-state index contributed by atoms with van der Waals surface area (Å²) in [5.41, 5.74) is 16.1. The second-order valence-corrected chi connectivity index (χ2v) is 6.41. The molecule has 0 saturated carbocycles. The normalized spacial score (nSPS) is 11.3. The van der Waals surface area contributed by atoms with Crippen molar-refractivity contribution in [3.63, 3.8) is 0 Å². The van der Waals surface area contributed by atoms with Crippen molar-refractivity contribution in [1.82, 2.24) is 15.4 Å². The van der Waals surface area contributed by atoms with E-state index in [2.05, 4.69) is 52.1 Å². The van der Waals surface area contributed by atoms with Crippen molar-refractivity contribution in [2.24, 2.45) is 0 Å². The van der Waals surface area contributed by atoms with Crippen LogP contribution in [0, 0.1) is 13.8 Å². The van der Waals surface area contributed by atoms with Crippen LogP contribution in [0.4, 0.5) is 23.0 Å². The Morgan fingerprint density at radius 2 is 1.68 bits per heavy atom. The molecule has 118 valence electrons. The SMILES string of the molecule is Cc1ccc(Nc2ncnc(NNC(C)(C)C)c2N)cc1C. The molecule has 6 heteroatoms. The van der Waals surface area contributed by atoms with Gasteiger partial charge in [0.1, 0.15) is 12.0 Å². The molecule has 0 fully saturated rings. The van der Waals surface area contributed by atoms with Crippen LogP contribution >= 0.6 is 0 Å². The van der Waals surface area contributed by atoms with E-state index >= 15 is 0 Å². The van der Waals surface area contributed by atoms with Gasteiger partial charge in [0.15, 0.2) is 11.6 Å². The summed E-state index contributed by atoms with van der Waals surface area (Å²) in [6, 6.07) is 6.14. The molecule has 0 radical (unpaired) electrons. The van der Waals surface area contributed by atoms with E-state index in [1.54, 1.807) is 0 Å². The molecule has 0 bridgehead atoms. The first-order chi connectivity index (χ1) is 10.3. The van der Waals surface area contributed by atoms with E-state index in [0.29, 0.717) is 17.3 Å². The molecular weight excluding hydrogens is 276 g/mol. The van der Waals surface area contributed by atoms with Crippen LogP contribution in [-0.2, 0) is 0 Å². The zero-order chi connectivity index (χ0) is 16.3. The van der Waals surface area contributed by atoms with Crippen molar-refractivity contribution in [2.45, 2.75) is 40.2 Å². The monoisotopic (exact) mass is 300 g/mol. The van der Waals surface area contributed by atoms with E-state index < -0.39 is 0 Å². The maximum atomic E-state index is 6.14. The molecule has 0 aliphatic rings. The van der Waals surface area contributed by atoms with Gasteiger partial charge in [-0.2, -0.15) is 0 Å². The predicted molar refractivity (Wildman–Crippen MR) is 92.2 cm³/mol. The molecule has 5 N–H and O–H groups in total. The lowest BCUT2D eigenvalue weighted by Crippen LogP contribution is -2.40. The minimum atomic E-state index is -0.0982. The molecule has 2 aromatic rings. The van der Waals surface area contributed by atoms with Crippen molar-refractivity contribution in [1.29, 1.82) is 0 Å². The van der Waals surface area contributed by atoms with Gasteiger partial charge in [0, 0.05) is 11.2 Å². The standard InChI is InChI=1S/C16H24N6/c1-10-6-7-12(8-11(10)2)20-14-13(17)15(19-9-18-14)21-22-16(3,4)5/h6-9,22H,17H2,1-5H3,(H2,18,19,20,21). The molecular formula is C16H24N6. The second-order valence-electron chi connectivity index (χ2n) is 6.41. The highest BCUT2D eigenvalue weighted by molar-refractivity contribution is 5.77. The summed E-state index contributed by atoms with van der Waals surface area (Å²) in [7, 11) is 0. The highest BCUT2D eigenvalue weighted by Gasteiger charge is 2.12. The molecule has 2 rings (SSSR count). The van der Waals surface area contributed by atoms with Gasteiger partial charge in [-0.3, -0.25) is 0 Å². The Kier molecular flexibility index (Phi) is 4.51. The Morgan fingerprint density at radius 3 is 2.32 bits per heavy atom. The summed E-state index contributed by atoms with van der Waals surface area (Å²) in [6.07, 6.45) is 1.48. The number of hydrogen-bond acceptors (Lipinski definition) is 6. The Balaban J connectivity index is 2.19. The maximum absolute atomic E-state index is 6.14. The molecule has 1 heterocycles. The Labute approximate surface area is 131 Å². The average molecular weight is 300 g/mol. The molecule has 1 aromatic carbocycles. The minimum absolute atomic E-state index is 0.0982. The molecule has 6 nitrogen and oxygen atoms in total. The van der Waals surface area contributed by atoms with Gasteiger partial charge in [0.2, 0.25) is 0 Å². The van der Waals surface area contributed by atoms with Gasteiger partial charge in [-0.25, -0.2) is 15.4 Å². The highest BCUT2D eigenvalue weighted by Crippen LogP contribution is 2.26. The summed E-state index contributed by atoms with van der Waals surface area (Å²) < 4.78 is 0. The third-order valence-electron chi connectivity index (χ3n) is 3.21. The van der Waals surface area contributed by atoms with Gasteiger partial charge in [-0.1, -0.05) is 6.07 Å². The lowest BCUT2D eigenvalue weighted by Gasteiger charge is -2.22. The third-order valence-corrected chi connectivity index (χ3v) is 3.21. The smallest absolute Gasteiger partial charge is 0.169 e. The first kappa shape index (κ1) is 16.0. The van der Waals surface area contributed by atoms with Crippen molar-refractivity contribution >= 4 is 23.0 Å². The third kappa shape index (κ3) is 4.08. The lowest BCUT2D eigenvalue weighted by atomic mass is 10.1. The van der Waals surface area contributed by atoms with Crippen LogP contribution in [0.15, 0.2) is 24.5 Å². The summed E-state index contributed by atoms with van der Waals surface area (Å²) >= 11 is 0. The lowest BCUT2D eigenvalue weighted by molar-refractivity contribution is 0.464. The van der Waals surface area contributed by atoms with Crippen LogP contribution in [-0.4, -0.2) is 15.5 Å². The summed E-state index contributed by atoms with van der Waals surface area (Å²) in [5.74, 6) is 1.13. The van der Waals surface area contributed by atoms with E-state index in [9.17, 15) is 0 Å². The number of aryl methyl sites for hydroxylation is 2. The quantitative estimate of drug-likeness (QED) is 0.649.